The van der Waals surface area contributed by atoms with Gasteiger partial charge in [-0.1, -0.05) is 227 Å². The molecule has 0 N–H and O–H groups in total. The summed E-state index contributed by atoms with van der Waals surface area (Å²) in [6.07, 6.45) is 12.6. The van der Waals surface area contributed by atoms with Crippen LogP contribution < -0.4 is 0 Å². The normalized spacial score (nSPS) is 21.3. The Bertz CT molecular complexity index is 3600. The minimum atomic E-state index is -0.317. The Balaban J connectivity index is 0.886. The van der Waals surface area contributed by atoms with Crippen LogP contribution in [-0.2, 0) is 17.3 Å². The van der Waals surface area contributed by atoms with Crippen molar-refractivity contribution in [3.63, 3.8) is 0 Å². The van der Waals surface area contributed by atoms with E-state index in [0.29, 0.717) is 23.7 Å². The van der Waals surface area contributed by atoms with Crippen molar-refractivity contribution >= 4 is 10.8 Å². The summed E-state index contributed by atoms with van der Waals surface area (Å²) >= 11 is 0. The molecule has 5 aliphatic rings. The highest BCUT2D eigenvalue weighted by Crippen LogP contribution is 2.63. The molecule has 0 saturated heterocycles. The third-order valence-corrected chi connectivity index (χ3v) is 17.6. The second-order valence-corrected chi connectivity index (χ2v) is 21.4. The van der Waals surface area contributed by atoms with Crippen molar-refractivity contribution in [3.05, 3.63) is 274 Å². The molecule has 5 aliphatic carbocycles. The van der Waals surface area contributed by atoms with Crippen molar-refractivity contribution < 1.29 is 0 Å². The molecule has 9 aromatic rings. The predicted molar refractivity (Wildman–Crippen MR) is 288 cm³/mol. The highest BCUT2D eigenvalue weighted by molar-refractivity contribution is 6.09. The number of allylic oxidation sites excluding steroid dienone is 4. The van der Waals surface area contributed by atoms with Crippen molar-refractivity contribution in [1.82, 2.24) is 0 Å². The van der Waals surface area contributed by atoms with Gasteiger partial charge in [0.05, 0.1) is 5.41 Å². The van der Waals surface area contributed by atoms with Crippen LogP contribution in [0.4, 0.5) is 0 Å². The van der Waals surface area contributed by atoms with Crippen LogP contribution in [0.2, 0.25) is 0 Å². The molecule has 1 saturated carbocycles. The van der Waals surface area contributed by atoms with Crippen molar-refractivity contribution in [3.8, 4) is 44.5 Å². The van der Waals surface area contributed by atoms with E-state index in [1.54, 1.807) is 11.1 Å². The predicted octanol–water partition coefficient (Wildman–Crippen LogP) is 17.6. The van der Waals surface area contributed by atoms with Gasteiger partial charge in [-0.2, -0.15) is 0 Å². The zero-order valence-electron chi connectivity index (χ0n) is 39.8. The third kappa shape index (κ3) is 6.01. The molecule has 0 spiro atoms. The van der Waals surface area contributed by atoms with Crippen LogP contribution in [-0.4, -0.2) is 0 Å². The fraction of sp³-hybridized carbons (Fsp3) is 0.188. The second-order valence-electron chi connectivity index (χ2n) is 21.4. The lowest BCUT2D eigenvalue weighted by Crippen LogP contribution is -2.35. The monoisotopic (exact) mass is 884 g/mol. The van der Waals surface area contributed by atoms with E-state index in [1.807, 2.05) is 0 Å². The molecule has 0 amide bonds. The molecule has 0 heterocycles. The number of rotatable bonds is 8. The third-order valence-electron chi connectivity index (χ3n) is 17.6. The summed E-state index contributed by atoms with van der Waals surface area (Å²) in [5.41, 5.74) is 24.9. The Hall–Kier alpha value is -7.28. The van der Waals surface area contributed by atoms with Crippen LogP contribution in [0.3, 0.4) is 0 Å². The molecule has 14 rings (SSSR count). The first-order valence-electron chi connectivity index (χ1n) is 25.5. The maximum absolute atomic E-state index is 2.62. The van der Waals surface area contributed by atoms with Crippen molar-refractivity contribution in [1.29, 1.82) is 0 Å². The lowest BCUT2D eigenvalue weighted by Gasteiger charge is -2.40. The van der Waals surface area contributed by atoms with Crippen LogP contribution in [0.15, 0.2) is 218 Å². The standard InChI is InChI=1S/C69H56/c1-43(58(37-44-19-7-4-8-20-44)46-32-34-53-50-25-13-14-26-51(50)61-41-62(61)60(53)38-46)45-31-36-57-64(39-45)68(2,3)66-42-59(52-27-15-16-29-56(52)67(57)66)47-33-35-55-54-28-17-18-30-63(54)69(65(55)40-47,48-21-9-5-10-22-48)49-23-11-6-12-24-49/h4-23,25-36,38-40,42-43,49,58,61-62H,24,37,41H2,1-3H3. The average molecular weight is 885 g/mol. The molecule has 0 nitrogen and oxygen atoms in total. The summed E-state index contributed by atoms with van der Waals surface area (Å²) in [5, 5.41) is 2.65. The molecule has 0 aromatic heterocycles. The van der Waals surface area contributed by atoms with Crippen LogP contribution in [0.5, 0.6) is 0 Å². The van der Waals surface area contributed by atoms with Gasteiger partial charge in [0.1, 0.15) is 0 Å². The molecule has 1 fully saturated rings. The van der Waals surface area contributed by atoms with Crippen LogP contribution in [0.25, 0.3) is 55.3 Å². The number of benzene rings is 9. The average Bonchev–Trinajstić information content (AvgIpc) is 4.12. The first-order chi connectivity index (χ1) is 33.9. The molecule has 0 heteroatoms. The fourth-order valence-corrected chi connectivity index (χ4v) is 14.1. The Labute approximate surface area is 407 Å². The van der Waals surface area contributed by atoms with Gasteiger partial charge in [-0.25, -0.2) is 0 Å². The minimum absolute atomic E-state index is 0.200. The molecule has 6 unspecified atom stereocenters. The van der Waals surface area contributed by atoms with Gasteiger partial charge in [0.2, 0.25) is 0 Å². The summed E-state index contributed by atoms with van der Waals surface area (Å²) in [5.74, 6) is 2.24. The highest BCUT2D eigenvalue weighted by atomic mass is 14.5. The molecule has 0 aliphatic heterocycles. The van der Waals surface area contributed by atoms with Crippen molar-refractivity contribution in [2.75, 3.05) is 0 Å². The molecule has 332 valence electrons. The molecular formula is C69H56. The number of fused-ring (bicyclic) bond motifs is 14. The molecular weight excluding hydrogens is 829 g/mol. The zero-order chi connectivity index (χ0) is 46.0. The summed E-state index contributed by atoms with van der Waals surface area (Å²) in [7, 11) is 0. The first kappa shape index (κ1) is 40.8. The Morgan fingerprint density at radius 2 is 1.16 bits per heavy atom. The van der Waals surface area contributed by atoms with Crippen molar-refractivity contribution in [2.24, 2.45) is 5.92 Å². The van der Waals surface area contributed by atoms with Gasteiger partial charge in [0, 0.05) is 5.41 Å². The maximum atomic E-state index is 2.62. The maximum Gasteiger partial charge on any atom is 0.0529 e. The lowest BCUT2D eigenvalue weighted by molar-refractivity contribution is 0.457. The number of hydrogen-bond acceptors (Lipinski definition) is 0. The van der Waals surface area contributed by atoms with Gasteiger partial charge >= 0.3 is 0 Å². The van der Waals surface area contributed by atoms with Crippen LogP contribution >= 0.6 is 0 Å². The van der Waals surface area contributed by atoms with E-state index >= 15 is 0 Å². The van der Waals surface area contributed by atoms with Gasteiger partial charge in [-0.15, -0.1) is 0 Å². The Morgan fingerprint density at radius 1 is 0.493 bits per heavy atom. The topological polar surface area (TPSA) is 0 Å². The summed E-state index contributed by atoms with van der Waals surface area (Å²) in [6.45, 7) is 7.44. The lowest BCUT2D eigenvalue weighted by atomic mass is 9.62. The van der Waals surface area contributed by atoms with E-state index in [1.165, 1.54) is 106 Å². The van der Waals surface area contributed by atoms with E-state index in [4.69, 9.17) is 0 Å². The second kappa shape index (κ2) is 15.4. The quantitative estimate of drug-likeness (QED) is 0.143. The highest BCUT2D eigenvalue weighted by Gasteiger charge is 2.50. The van der Waals surface area contributed by atoms with Gasteiger partial charge < -0.3 is 0 Å². The SMILES string of the molecule is CC(c1ccc2c(c1)C(C)(C)c1cc(-c3ccc4c(c3)C(c3ccccc3)(C3C=CC=CC3)c3ccccc3-4)c3ccccc3c1-2)C(Cc1ccccc1)c1ccc2c(c1)C1CC1c1ccccc1-2. The minimum Gasteiger partial charge on any atom is -0.0839 e. The molecule has 69 heavy (non-hydrogen) atoms. The largest absolute Gasteiger partial charge is 0.0839 e. The van der Waals surface area contributed by atoms with Crippen LogP contribution in [0, 0.1) is 5.92 Å². The smallest absolute Gasteiger partial charge is 0.0529 e. The zero-order valence-corrected chi connectivity index (χ0v) is 39.8. The first-order valence-corrected chi connectivity index (χ1v) is 25.5. The fourth-order valence-electron chi connectivity index (χ4n) is 14.1. The van der Waals surface area contributed by atoms with Gasteiger partial charge in [0.25, 0.3) is 0 Å². The van der Waals surface area contributed by atoms with Gasteiger partial charge in [-0.3, -0.25) is 0 Å². The van der Waals surface area contributed by atoms with Crippen LogP contribution in [0.1, 0.15) is 113 Å². The Morgan fingerprint density at radius 3 is 1.99 bits per heavy atom. The van der Waals surface area contributed by atoms with E-state index in [-0.39, 0.29) is 16.7 Å². The van der Waals surface area contributed by atoms with E-state index in [9.17, 15) is 0 Å². The van der Waals surface area contributed by atoms with E-state index < -0.39 is 0 Å². The molecule has 0 radical (unpaired) electrons. The number of hydrogen-bond donors (Lipinski definition) is 0. The van der Waals surface area contributed by atoms with E-state index in [0.717, 1.165) is 12.8 Å². The summed E-state index contributed by atoms with van der Waals surface area (Å²) in [4.78, 5) is 0. The Kier molecular flexibility index (Phi) is 9.08. The van der Waals surface area contributed by atoms with Gasteiger partial charge in [0.15, 0.2) is 0 Å². The van der Waals surface area contributed by atoms with Crippen molar-refractivity contribution in [2.45, 2.75) is 74.5 Å². The summed E-state index contributed by atoms with van der Waals surface area (Å²) in [6, 6.07) is 75.2. The molecule has 0 bridgehead atoms. The molecule has 6 atom stereocenters. The van der Waals surface area contributed by atoms with E-state index in [2.05, 4.69) is 239 Å². The molecule has 9 aromatic carbocycles. The van der Waals surface area contributed by atoms with Gasteiger partial charge in [-0.05, 0) is 172 Å². The summed E-state index contributed by atoms with van der Waals surface area (Å²) < 4.78 is 0.